The molecule has 5 aromatic rings. The van der Waals surface area contributed by atoms with E-state index in [1.807, 2.05) is 25.1 Å². The molecule has 1 heterocycles. The first-order chi connectivity index (χ1) is 22.7. The van der Waals surface area contributed by atoms with Crippen molar-refractivity contribution in [3.63, 3.8) is 0 Å². The Morgan fingerprint density at radius 2 is 1.81 bits per heavy atom. The number of para-hydroxylation sites is 1. The van der Waals surface area contributed by atoms with Gasteiger partial charge in [0.2, 0.25) is 5.75 Å². The van der Waals surface area contributed by atoms with Crippen LogP contribution in [-0.2, 0) is 6.61 Å². The lowest BCUT2D eigenvalue weighted by Gasteiger charge is -2.17. The van der Waals surface area contributed by atoms with Gasteiger partial charge in [-0.15, -0.1) is 0 Å². The highest BCUT2D eigenvalue weighted by atomic mass is 16.6. The number of nitro benzene ring substituents is 1. The van der Waals surface area contributed by atoms with Crippen molar-refractivity contribution in [3.05, 3.63) is 121 Å². The number of aryl methyl sites for hydroxylation is 1. The van der Waals surface area contributed by atoms with E-state index >= 15 is 0 Å². The molecule has 238 valence electrons. The number of hydrogen-bond donors (Lipinski definition) is 0. The van der Waals surface area contributed by atoms with E-state index < -0.39 is 10.5 Å². The van der Waals surface area contributed by atoms with Crippen molar-refractivity contribution in [2.75, 3.05) is 13.7 Å². The summed E-state index contributed by atoms with van der Waals surface area (Å²) in [5, 5.41) is 26.6. The predicted molar refractivity (Wildman–Crippen MR) is 180 cm³/mol. The van der Waals surface area contributed by atoms with Crippen LogP contribution in [0.25, 0.3) is 22.3 Å². The molecular formula is C36H33N5O6. The van der Waals surface area contributed by atoms with Crippen LogP contribution >= 0.6 is 0 Å². The van der Waals surface area contributed by atoms with Crippen LogP contribution in [-0.4, -0.2) is 34.5 Å². The van der Waals surface area contributed by atoms with Gasteiger partial charge >= 0.3 is 5.69 Å². The highest BCUT2D eigenvalue weighted by Crippen LogP contribution is 2.39. The lowest BCUT2D eigenvalue weighted by molar-refractivity contribution is -0.386. The van der Waals surface area contributed by atoms with Crippen LogP contribution in [0.1, 0.15) is 54.5 Å². The lowest BCUT2D eigenvalue weighted by atomic mass is 9.96. The number of hydrogen-bond acceptors (Lipinski definition) is 9. The third kappa shape index (κ3) is 6.67. The van der Waals surface area contributed by atoms with E-state index in [9.17, 15) is 20.2 Å². The standard InChI is InChI=1S/C36H33N5O6/c1-6-46-33-17-24(16-31(41(43)44)34(33)47-21-26-12-8-7-11-25(26)19-37)20-38-40-35(39-30-14-10-9-13-27(30)36(40)42)29-18-28(22(2)3)32(45-5)15-23(29)4/h7-18,20,22H,6,21H2,1-5H3. The normalized spacial score (nSPS) is 11.2. The highest BCUT2D eigenvalue weighted by Gasteiger charge is 2.24. The molecule has 5 rings (SSSR count). The van der Waals surface area contributed by atoms with Gasteiger partial charge in [0.05, 0.1) is 47.4 Å². The van der Waals surface area contributed by atoms with E-state index in [4.69, 9.17) is 19.2 Å². The maximum absolute atomic E-state index is 13.9. The van der Waals surface area contributed by atoms with Crippen molar-refractivity contribution < 1.29 is 19.1 Å². The molecule has 0 aliphatic heterocycles. The average molecular weight is 632 g/mol. The van der Waals surface area contributed by atoms with E-state index in [1.165, 1.54) is 17.0 Å². The number of benzene rings is 4. The smallest absolute Gasteiger partial charge is 0.315 e. The van der Waals surface area contributed by atoms with Gasteiger partial charge in [-0.3, -0.25) is 14.9 Å². The Morgan fingerprint density at radius 1 is 1.06 bits per heavy atom. The molecule has 0 saturated heterocycles. The summed E-state index contributed by atoms with van der Waals surface area (Å²) in [5.41, 5.74) is 3.47. The fourth-order valence-electron chi connectivity index (χ4n) is 5.23. The zero-order valence-corrected chi connectivity index (χ0v) is 26.7. The van der Waals surface area contributed by atoms with Gasteiger partial charge in [0, 0.05) is 22.8 Å². The maximum Gasteiger partial charge on any atom is 0.315 e. The van der Waals surface area contributed by atoms with Gasteiger partial charge in [-0.1, -0.05) is 44.2 Å². The molecule has 0 N–H and O–H groups in total. The van der Waals surface area contributed by atoms with E-state index in [2.05, 4.69) is 25.0 Å². The van der Waals surface area contributed by atoms with Crippen LogP contribution in [0.4, 0.5) is 5.69 Å². The fraction of sp³-hybridized carbons (Fsp3) is 0.222. The Kier molecular flexibility index (Phi) is 9.61. The van der Waals surface area contributed by atoms with Gasteiger partial charge < -0.3 is 14.2 Å². The first-order valence-corrected chi connectivity index (χ1v) is 15.0. The van der Waals surface area contributed by atoms with Gasteiger partial charge in [-0.2, -0.15) is 15.0 Å². The fourth-order valence-corrected chi connectivity index (χ4v) is 5.23. The Labute approximate surface area is 271 Å². The minimum Gasteiger partial charge on any atom is -0.496 e. The van der Waals surface area contributed by atoms with Crippen LogP contribution in [0, 0.1) is 28.4 Å². The number of nitrogens with zero attached hydrogens (tertiary/aromatic N) is 5. The van der Waals surface area contributed by atoms with Crippen LogP contribution < -0.4 is 19.8 Å². The minimum atomic E-state index is -0.575. The Morgan fingerprint density at radius 3 is 2.51 bits per heavy atom. The van der Waals surface area contributed by atoms with Crippen molar-refractivity contribution in [1.82, 2.24) is 9.66 Å². The molecule has 0 saturated carbocycles. The molecule has 0 spiro atoms. The summed E-state index contributed by atoms with van der Waals surface area (Å²) in [6, 6.07) is 22.7. The van der Waals surface area contributed by atoms with E-state index in [0.717, 1.165) is 16.9 Å². The zero-order chi connectivity index (χ0) is 33.7. The van der Waals surface area contributed by atoms with E-state index in [0.29, 0.717) is 39.0 Å². The third-order valence-electron chi connectivity index (χ3n) is 7.58. The minimum absolute atomic E-state index is 0.0814. The summed E-state index contributed by atoms with van der Waals surface area (Å²) >= 11 is 0. The summed E-state index contributed by atoms with van der Waals surface area (Å²) in [6.45, 7) is 7.87. The van der Waals surface area contributed by atoms with Gasteiger partial charge in [0.25, 0.3) is 5.56 Å². The first kappa shape index (κ1) is 32.4. The second-order valence-electron chi connectivity index (χ2n) is 11.0. The molecule has 0 bridgehead atoms. The van der Waals surface area contributed by atoms with Crippen LogP contribution in [0.5, 0.6) is 17.2 Å². The Balaban J connectivity index is 1.65. The van der Waals surface area contributed by atoms with Crippen LogP contribution in [0.15, 0.2) is 82.7 Å². The Bertz CT molecular complexity index is 2110. The molecule has 0 radical (unpaired) electrons. The molecule has 0 fully saturated rings. The average Bonchev–Trinajstić information content (AvgIpc) is 3.07. The Hall–Kier alpha value is -6.02. The number of fused-ring (bicyclic) bond motifs is 1. The van der Waals surface area contributed by atoms with Crippen molar-refractivity contribution >= 4 is 22.8 Å². The topological polar surface area (TPSA) is 142 Å². The van der Waals surface area contributed by atoms with Gasteiger partial charge in [-0.05, 0) is 67.3 Å². The quantitative estimate of drug-likeness (QED) is 0.0850. The molecule has 1 aromatic heterocycles. The number of methoxy groups -OCH3 is 1. The highest BCUT2D eigenvalue weighted by molar-refractivity contribution is 5.84. The molecule has 4 aromatic carbocycles. The summed E-state index contributed by atoms with van der Waals surface area (Å²) < 4.78 is 18.5. The van der Waals surface area contributed by atoms with E-state index in [1.54, 1.807) is 62.6 Å². The summed E-state index contributed by atoms with van der Waals surface area (Å²) in [5.74, 6) is 1.20. The summed E-state index contributed by atoms with van der Waals surface area (Å²) in [4.78, 5) is 30.4. The van der Waals surface area contributed by atoms with Crippen LogP contribution in [0.2, 0.25) is 0 Å². The van der Waals surface area contributed by atoms with Gasteiger partial charge in [0.15, 0.2) is 11.6 Å². The second kappa shape index (κ2) is 14.0. The molecule has 0 unspecified atom stereocenters. The molecule has 0 amide bonds. The third-order valence-corrected chi connectivity index (χ3v) is 7.58. The first-order valence-electron chi connectivity index (χ1n) is 15.0. The largest absolute Gasteiger partial charge is 0.496 e. The molecule has 0 aliphatic carbocycles. The number of nitriles is 1. The lowest BCUT2D eigenvalue weighted by Crippen LogP contribution is -2.21. The SMILES string of the molecule is CCOc1cc(C=Nn2c(-c3cc(C(C)C)c(OC)cc3C)nc3ccccc3c2=O)cc([N+](=O)[O-])c1OCc1ccccc1C#N. The van der Waals surface area contributed by atoms with Crippen molar-refractivity contribution in [1.29, 1.82) is 5.26 Å². The van der Waals surface area contributed by atoms with Gasteiger partial charge in [-0.25, -0.2) is 4.98 Å². The van der Waals surface area contributed by atoms with E-state index in [-0.39, 0.29) is 36.3 Å². The van der Waals surface area contributed by atoms with Crippen LogP contribution in [0.3, 0.4) is 0 Å². The van der Waals surface area contributed by atoms with Crippen molar-refractivity contribution in [2.24, 2.45) is 5.10 Å². The molecular weight excluding hydrogens is 598 g/mol. The number of ether oxygens (including phenoxy) is 3. The molecule has 0 atom stereocenters. The number of rotatable bonds is 11. The number of aromatic nitrogens is 2. The molecule has 11 nitrogen and oxygen atoms in total. The summed E-state index contributed by atoms with van der Waals surface area (Å²) in [6.07, 6.45) is 1.36. The molecule has 47 heavy (non-hydrogen) atoms. The predicted octanol–water partition coefficient (Wildman–Crippen LogP) is 7.14. The molecule has 11 heteroatoms. The monoisotopic (exact) mass is 631 g/mol. The van der Waals surface area contributed by atoms with Gasteiger partial charge in [0.1, 0.15) is 12.4 Å². The maximum atomic E-state index is 13.9. The molecule has 0 aliphatic rings. The van der Waals surface area contributed by atoms with Crippen molar-refractivity contribution in [3.8, 4) is 34.7 Å². The second-order valence-corrected chi connectivity index (χ2v) is 11.0. The zero-order valence-electron chi connectivity index (χ0n) is 26.7. The van der Waals surface area contributed by atoms with Crippen molar-refractivity contribution in [2.45, 2.75) is 40.2 Å². The number of nitro groups is 1. The summed E-state index contributed by atoms with van der Waals surface area (Å²) in [7, 11) is 1.62.